The van der Waals surface area contributed by atoms with Gasteiger partial charge >= 0.3 is 6.09 Å². The van der Waals surface area contributed by atoms with Crippen LogP contribution in [-0.2, 0) is 28.5 Å². The Kier molecular flexibility index (Phi) is 4.45. The van der Waals surface area contributed by atoms with Crippen LogP contribution in [0.1, 0.15) is 6.92 Å². The van der Waals surface area contributed by atoms with Crippen molar-refractivity contribution in [3.05, 3.63) is 47.1 Å². The molecule has 4 heterocycles. The van der Waals surface area contributed by atoms with Gasteiger partial charge in [-0.15, -0.1) is 0 Å². The van der Waals surface area contributed by atoms with Gasteiger partial charge in [0.15, 0.2) is 17.6 Å². The Morgan fingerprint density at radius 2 is 2.13 bits per heavy atom. The van der Waals surface area contributed by atoms with Crippen molar-refractivity contribution in [1.29, 1.82) is 0 Å². The van der Waals surface area contributed by atoms with Crippen molar-refractivity contribution < 1.29 is 33.3 Å². The fourth-order valence-corrected chi connectivity index (χ4v) is 5.13. The Morgan fingerprint density at radius 3 is 2.81 bits per heavy atom. The minimum atomic E-state index is -1.01. The number of ketones is 2. The molecule has 0 spiro atoms. The van der Waals surface area contributed by atoms with Gasteiger partial charge in [-0.2, -0.15) is 0 Å². The molecule has 0 aromatic rings. The van der Waals surface area contributed by atoms with E-state index in [1.54, 1.807) is 19.1 Å². The Morgan fingerprint density at radius 1 is 1.32 bits per heavy atom. The zero-order valence-corrected chi connectivity index (χ0v) is 17.1. The standard InChI is InChI=1S/C21H23N3O7/c1-10-16(25)15-14(17(26)18(10)30-8-11-5-3-4-6-29-11)12(9-31-20(22)27)21(28-2)19-13(23-19)7-24(15)21/h3-6,11-13,19,23H,7-9H2,1-2H3,(H2,22,27). The number of carbonyl (C=O) groups is 3. The number of amides is 1. The highest BCUT2D eigenvalue weighted by Crippen LogP contribution is 2.55. The van der Waals surface area contributed by atoms with Crippen LogP contribution < -0.4 is 11.1 Å². The predicted octanol–water partition coefficient (Wildman–Crippen LogP) is -0.125. The van der Waals surface area contributed by atoms with Gasteiger partial charge in [-0.1, -0.05) is 6.08 Å². The van der Waals surface area contributed by atoms with Crippen molar-refractivity contribution in [2.75, 3.05) is 26.9 Å². The molecule has 0 bridgehead atoms. The van der Waals surface area contributed by atoms with E-state index in [1.807, 2.05) is 11.0 Å². The second-order valence-corrected chi connectivity index (χ2v) is 8.07. The molecule has 5 unspecified atom stereocenters. The Hall–Kier alpha value is -3.11. The van der Waals surface area contributed by atoms with E-state index in [4.69, 9.17) is 24.7 Å². The van der Waals surface area contributed by atoms with Gasteiger partial charge in [-0.05, 0) is 19.1 Å². The molecule has 4 aliphatic heterocycles. The van der Waals surface area contributed by atoms with Gasteiger partial charge in [0, 0.05) is 30.8 Å². The summed E-state index contributed by atoms with van der Waals surface area (Å²) in [6, 6.07) is 0.0422. The highest BCUT2D eigenvalue weighted by molar-refractivity contribution is 6.25. The fraction of sp³-hybridized carbons (Fsp3) is 0.476. The molecule has 0 radical (unpaired) electrons. The van der Waals surface area contributed by atoms with E-state index in [2.05, 4.69) is 5.32 Å². The summed E-state index contributed by atoms with van der Waals surface area (Å²) < 4.78 is 22.2. The molecule has 3 N–H and O–H groups in total. The number of nitrogens with zero attached hydrogens (tertiary/aromatic N) is 1. The van der Waals surface area contributed by atoms with Gasteiger partial charge in [0.2, 0.25) is 11.6 Å². The van der Waals surface area contributed by atoms with Gasteiger partial charge in [0.05, 0.1) is 23.9 Å². The number of piperazine rings is 1. The van der Waals surface area contributed by atoms with Crippen LogP contribution in [0.3, 0.4) is 0 Å². The molecular weight excluding hydrogens is 406 g/mol. The highest BCUT2D eigenvalue weighted by atomic mass is 16.6. The second-order valence-electron chi connectivity index (χ2n) is 8.07. The summed E-state index contributed by atoms with van der Waals surface area (Å²) in [6.07, 6.45) is 5.56. The topological polar surface area (TPSA) is 139 Å². The molecule has 31 heavy (non-hydrogen) atoms. The van der Waals surface area contributed by atoms with Crippen LogP contribution in [0, 0.1) is 5.92 Å². The number of hydrogen-bond donors (Lipinski definition) is 2. The van der Waals surface area contributed by atoms with Crippen molar-refractivity contribution in [2.24, 2.45) is 11.7 Å². The number of fused-ring (bicyclic) bond motifs is 4. The smallest absolute Gasteiger partial charge is 0.404 e. The van der Waals surface area contributed by atoms with E-state index >= 15 is 0 Å². The van der Waals surface area contributed by atoms with Gasteiger partial charge in [-0.3, -0.25) is 9.59 Å². The van der Waals surface area contributed by atoms with Crippen LogP contribution in [-0.4, -0.2) is 73.3 Å². The lowest BCUT2D eigenvalue weighted by molar-refractivity contribution is -0.137. The Labute approximate surface area is 178 Å². The van der Waals surface area contributed by atoms with E-state index in [0.29, 0.717) is 12.2 Å². The molecule has 2 saturated heterocycles. The number of hydrogen-bond acceptors (Lipinski definition) is 9. The van der Waals surface area contributed by atoms with Crippen LogP contribution in [0.5, 0.6) is 0 Å². The molecule has 0 aromatic heterocycles. The van der Waals surface area contributed by atoms with E-state index in [1.165, 1.54) is 13.4 Å². The number of Topliss-reactive ketones (excluding diaryl/α,β-unsaturated/α-hetero) is 2. The maximum atomic E-state index is 13.6. The summed E-state index contributed by atoms with van der Waals surface area (Å²) >= 11 is 0. The van der Waals surface area contributed by atoms with Crippen molar-refractivity contribution in [3.63, 3.8) is 0 Å². The first-order chi connectivity index (χ1) is 14.9. The summed E-state index contributed by atoms with van der Waals surface area (Å²) in [6.45, 7) is 1.98. The second kappa shape index (κ2) is 6.96. The normalized spacial score (nSPS) is 35.1. The summed E-state index contributed by atoms with van der Waals surface area (Å²) in [5, 5.41) is 3.32. The van der Waals surface area contributed by atoms with E-state index < -0.39 is 23.5 Å². The number of nitrogens with one attached hydrogen (secondary N) is 1. The van der Waals surface area contributed by atoms with Crippen molar-refractivity contribution in [1.82, 2.24) is 10.2 Å². The SMILES string of the molecule is COC12C(COC(N)=O)C3=C(C(=O)C(C)=C(OCC4C=CC=CO4)C3=O)N1CC1NC12. The highest BCUT2D eigenvalue weighted by Gasteiger charge is 2.72. The summed E-state index contributed by atoms with van der Waals surface area (Å²) in [5.41, 5.74) is 4.94. The van der Waals surface area contributed by atoms with Crippen LogP contribution in [0.2, 0.25) is 0 Å². The first kappa shape index (κ1) is 19.8. The Balaban J connectivity index is 1.48. The van der Waals surface area contributed by atoms with Crippen LogP contribution in [0.25, 0.3) is 0 Å². The molecule has 0 aromatic carbocycles. The van der Waals surface area contributed by atoms with Gasteiger partial charge in [0.1, 0.15) is 13.2 Å². The number of rotatable bonds is 6. The number of allylic oxidation sites excluding steroid dienone is 4. The van der Waals surface area contributed by atoms with Gasteiger partial charge in [-0.25, -0.2) is 4.79 Å². The third-order valence-corrected chi connectivity index (χ3v) is 6.53. The minimum Gasteiger partial charge on any atom is -0.490 e. The molecule has 10 heteroatoms. The molecule has 1 amide bonds. The van der Waals surface area contributed by atoms with E-state index in [9.17, 15) is 14.4 Å². The molecular formula is C21H23N3O7. The molecule has 0 saturated carbocycles. The van der Waals surface area contributed by atoms with E-state index in [0.717, 1.165) is 0 Å². The minimum absolute atomic E-state index is 0.0212. The number of ether oxygens (including phenoxy) is 4. The van der Waals surface area contributed by atoms with Gasteiger partial charge in [0.25, 0.3) is 0 Å². The van der Waals surface area contributed by atoms with Crippen molar-refractivity contribution in [3.8, 4) is 0 Å². The molecule has 10 nitrogen and oxygen atoms in total. The lowest BCUT2D eigenvalue weighted by Crippen LogP contribution is -2.55. The monoisotopic (exact) mass is 429 g/mol. The van der Waals surface area contributed by atoms with E-state index in [-0.39, 0.29) is 54.1 Å². The third kappa shape index (κ3) is 2.75. The lowest BCUT2D eigenvalue weighted by Gasteiger charge is -2.39. The quantitative estimate of drug-likeness (QED) is 0.437. The summed E-state index contributed by atoms with van der Waals surface area (Å²) in [5.74, 6) is -1.42. The molecule has 5 aliphatic rings. The molecule has 5 rings (SSSR count). The summed E-state index contributed by atoms with van der Waals surface area (Å²) in [4.78, 5) is 40.1. The van der Waals surface area contributed by atoms with Crippen LogP contribution >= 0.6 is 0 Å². The molecule has 164 valence electrons. The zero-order chi connectivity index (χ0) is 21.9. The van der Waals surface area contributed by atoms with Gasteiger partial charge < -0.3 is 34.9 Å². The molecule has 1 aliphatic carbocycles. The largest absolute Gasteiger partial charge is 0.490 e. The molecule has 5 atom stereocenters. The number of primary amides is 1. The fourth-order valence-electron chi connectivity index (χ4n) is 5.13. The predicted molar refractivity (Wildman–Crippen MR) is 105 cm³/mol. The van der Waals surface area contributed by atoms with Crippen molar-refractivity contribution >= 4 is 17.7 Å². The van der Waals surface area contributed by atoms with Crippen LogP contribution in [0.4, 0.5) is 4.79 Å². The third-order valence-electron chi connectivity index (χ3n) is 6.53. The first-order valence-electron chi connectivity index (χ1n) is 10.1. The summed E-state index contributed by atoms with van der Waals surface area (Å²) in [7, 11) is 1.53. The lowest BCUT2D eigenvalue weighted by atomic mass is 9.83. The number of carbonyl (C=O) groups excluding carboxylic acids is 3. The Bertz CT molecular complexity index is 997. The maximum Gasteiger partial charge on any atom is 0.404 e. The average Bonchev–Trinajstić information content (AvgIpc) is 3.37. The number of methoxy groups -OCH3 is 1. The molecule has 2 fully saturated rings. The maximum absolute atomic E-state index is 13.6. The number of nitrogens with two attached hydrogens (primary N) is 1. The first-order valence-corrected chi connectivity index (χ1v) is 10.1. The average molecular weight is 429 g/mol. The zero-order valence-electron chi connectivity index (χ0n) is 17.1. The van der Waals surface area contributed by atoms with Crippen molar-refractivity contribution in [2.45, 2.75) is 30.8 Å². The van der Waals surface area contributed by atoms with Crippen LogP contribution in [0.15, 0.2) is 47.1 Å².